The molecule has 0 saturated carbocycles. The Bertz CT molecular complexity index is 846. The summed E-state index contributed by atoms with van der Waals surface area (Å²) in [6.45, 7) is 4.13. The van der Waals surface area contributed by atoms with Crippen molar-refractivity contribution in [2.45, 2.75) is 19.0 Å². The summed E-state index contributed by atoms with van der Waals surface area (Å²) < 4.78 is 6.65. The van der Waals surface area contributed by atoms with Crippen LogP contribution in [0.2, 0.25) is 0 Å². The largest absolute Gasteiger partial charge is 0.463 e. The molecular formula is C16H18N6O3S. The van der Waals surface area contributed by atoms with Crippen molar-refractivity contribution in [2.75, 3.05) is 18.9 Å². The molecule has 0 fully saturated rings. The minimum atomic E-state index is -0.450. The van der Waals surface area contributed by atoms with Crippen LogP contribution in [0.3, 0.4) is 0 Å². The first-order valence-electron chi connectivity index (χ1n) is 8.00. The van der Waals surface area contributed by atoms with Crippen molar-refractivity contribution in [1.82, 2.24) is 30.8 Å². The third-order valence-corrected chi connectivity index (χ3v) is 4.59. The second kappa shape index (κ2) is 8.00. The molecule has 2 N–H and O–H groups in total. The van der Waals surface area contributed by atoms with Gasteiger partial charge in [0.2, 0.25) is 5.16 Å². The lowest BCUT2D eigenvalue weighted by molar-refractivity contribution is -0.138. The highest BCUT2D eigenvalue weighted by Crippen LogP contribution is 2.22. The predicted molar refractivity (Wildman–Crippen MR) is 94.8 cm³/mol. The second-order valence-corrected chi connectivity index (χ2v) is 6.43. The van der Waals surface area contributed by atoms with Crippen LogP contribution in [0.4, 0.5) is 4.79 Å². The number of rotatable bonds is 6. The van der Waals surface area contributed by atoms with E-state index in [1.54, 1.807) is 11.6 Å². The van der Waals surface area contributed by atoms with Gasteiger partial charge in [0, 0.05) is 11.4 Å². The van der Waals surface area contributed by atoms with Crippen LogP contribution in [0.5, 0.6) is 0 Å². The highest BCUT2D eigenvalue weighted by Gasteiger charge is 2.24. The number of urea groups is 1. The molecule has 2 aromatic rings. The zero-order chi connectivity index (χ0) is 18.5. The lowest BCUT2D eigenvalue weighted by Gasteiger charge is -2.20. The first kappa shape index (κ1) is 17.9. The molecule has 1 aliphatic heterocycles. The van der Waals surface area contributed by atoms with Crippen LogP contribution >= 0.6 is 11.8 Å². The smallest absolute Gasteiger partial charge is 0.337 e. The van der Waals surface area contributed by atoms with Crippen molar-refractivity contribution in [1.29, 1.82) is 0 Å². The van der Waals surface area contributed by atoms with Crippen molar-refractivity contribution in [2.24, 2.45) is 0 Å². The molecule has 1 aliphatic rings. The maximum atomic E-state index is 12.1. The number of esters is 1. The number of benzene rings is 1. The maximum Gasteiger partial charge on any atom is 0.337 e. The number of nitrogens with zero attached hydrogens (tertiary/aromatic N) is 4. The molecule has 1 aromatic heterocycles. The monoisotopic (exact) mass is 374 g/mol. The highest BCUT2D eigenvalue weighted by atomic mass is 32.2. The summed E-state index contributed by atoms with van der Waals surface area (Å²) >= 11 is 1.32. The number of carbonyl (C=O) groups is 2. The molecule has 3 rings (SSSR count). The molecule has 0 saturated heterocycles. The van der Waals surface area contributed by atoms with Gasteiger partial charge >= 0.3 is 12.0 Å². The number of hydrogen-bond acceptors (Lipinski definition) is 7. The van der Waals surface area contributed by atoms with E-state index >= 15 is 0 Å². The molecule has 0 unspecified atom stereocenters. The first-order valence-corrected chi connectivity index (χ1v) is 8.99. The summed E-state index contributed by atoms with van der Waals surface area (Å²) in [7, 11) is 0. The minimum Gasteiger partial charge on any atom is -0.463 e. The van der Waals surface area contributed by atoms with E-state index in [0.717, 1.165) is 11.3 Å². The van der Waals surface area contributed by atoms with Gasteiger partial charge in [0.15, 0.2) is 0 Å². The summed E-state index contributed by atoms with van der Waals surface area (Å²) in [5, 5.41) is 17.5. The minimum absolute atomic E-state index is 0.128. The Balaban J connectivity index is 1.79. The van der Waals surface area contributed by atoms with Crippen LogP contribution in [-0.2, 0) is 9.53 Å². The van der Waals surface area contributed by atoms with Gasteiger partial charge in [-0.25, -0.2) is 9.59 Å². The number of thioether (sulfide) groups is 1. The third-order valence-electron chi connectivity index (χ3n) is 3.64. The van der Waals surface area contributed by atoms with E-state index in [-0.39, 0.29) is 19.2 Å². The van der Waals surface area contributed by atoms with Crippen LogP contribution in [0.1, 0.15) is 12.5 Å². The lowest BCUT2D eigenvalue weighted by atomic mass is 10.2. The van der Waals surface area contributed by atoms with Crippen molar-refractivity contribution < 1.29 is 14.3 Å². The normalized spacial score (nSPS) is 14.0. The maximum absolute atomic E-state index is 12.1. The topological polar surface area (TPSA) is 111 Å². The molecule has 9 nitrogen and oxygen atoms in total. The molecule has 2 amide bonds. The van der Waals surface area contributed by atoms with Gasteiger partial charge in [-0.2, -0.15) is 4.68 Å². The SMILES string of the molecule is CCOC(=O)C1=C(CSc2nnnn2-c2ccc(C)cc2)NC(=O)NC1. The molecule has 26 heavy (non-hydrogen) atoms. The van der Waals surface area contributed by atoms with E-state index in [1.165, 1.54) is 11.8 Å². The zero-order valence-electron chi connectivity index (χ0n) is 14.4. The van der Waals surface area contributed by atoms with Crippen LogP contribution in [0.15, 0.2) is 40.7 Å². The van der Waals surface area contributed by atoms with Crippen LogP contribution < -0.4 is 10.6 Å². The van der Waals surface area contributed by atoms with Gasteiger partial charge in [-0.05, 0) is 36.4 Å². The Kier molecular flexibility index (Phi) is 5.52. The number of aromatic nitrogens is 4. The molecule has 136 valence electrons. The molecule has 0 bridgehead atoms. The average Bonchev–Trinajstić information content (AvgIpc) is 3.09. The van der Waals surface area contributed by atoms with Crippen LogP contribution in [0.25, 0.3) is 5.69 Å². The van der Waals surface area contributed by atoms with E-state index in [4.69, 9.17) is 4.74 Å². The number of nitrogens with one attached hydrogen (secondary N) is 2. The molecular weight excluding hydrogens is 356 g/mol. The fraction of sp³-hybridized carbons (Fsp3) is 0.312. The third kappa shape index (κ3) is 4.02. The molecule has 1 aromatic carbocycles. The fourth-order valence-electron chi connectivity index (χ4n) is 2.32. The van der Waals surface area contributed by atoms with Gasteiger partial charge in [0.05, 0.1) is 24.4 Å². The summed E-state index contributed by atoms with van der Waals surface area (Å²) in [6.07, 6.45) is 0. The van der Waals surface area contributed by atoms with E-state index in [1.807, 2.05) is 31.2 Å². The first-order chi connectivity index (χ1) is 12.6. The quantitative estimate of drug-likeness (QED) is 0.577. The predicted octanol–water partition coefficient (Wildman–Crippen LogP) is 1.19. The van der Waals surface area contributed by atoms with Gasteiger partial charge in [0.1, 0.15) is 0 Å². The summed E-state index contributed by atoms with van der Waals surface area (Å²) in [6, 6.07) is 7.43. The van der Waals surface area contributed by atoms with Crippen LogP contribution in [-0.4, -0.2) is 51.1 Å². The van der Waals surface area contributed by atoms with Gasteiger partial charge in [-0.15, -0.1) is 5.10 Å². The highest BCUT2D eigenvalue weighted by molar-refractivity contribution is 7.99. The number of aryl methyl sites for hydroxylation is 1. The van der Waals surface area contributed by atoms with Crippen LogP contribution in [0, 0.1) is 6.92 Å². The van der Waals surface area contributed by atoms with Gasteiger partial charge in [-0.1, -0.05) is 29.5 Å². The van der Waals surface area contributed by atoms with Gasteiger partial charge in [0.25, 0.3) is 0 Å². The summed E-state index contributed by atoms with van der Waals surface area (Å²) in [5.41, 5.74) is 2.86. The molecule has 0 aliphatic carbocycles. The van der Waals surface area contributed by atoms with Crippen molar-refractivity contribution in [3.63, 3.8) is 0 Å². The molecule has 0 radical (unpaired) electrons. The molecule has 0 spiro atoms. The van der Waals surface area contributed by atoms with E-state index in [0.29, 0.717) is 22.2 Å². The lowest BCUT2D eigenvalue weighted by Crippen LogP contribution is -2.44. The number of ether oxygens (including phenoxy) is 1. The Morgan fingerprint density at radius 2 is 2.12 bits per heavy atom. The number of amides is 2. The summed E-state index contributed by atoms with van der Waals surface area (Å²) in [5.74, 6) is -0.123. The zero-order valence-corrected chi connectivity index (χ0v) is 15.2. The van der Waals surface area contributed by atoms with E-state index < -0.39 is 5.97 Å². The van der Waals surface area contributed by atoms with Crippen molar-refractivity contribution in [3.8, 4) is 5.69 Å². The average molecular weight is 374 g/mol. The van der Waals surface area contributed by atoms with E-state index in [2.05, 4.69) is 26.2 Å². The molecule has 0 atom stereocenters. The van der Waals surface area contributed by atoms with Crippen molar-refractivity contribution in [3.05, 3.63) is 41.1 Å². The van der Waals surface area contributed by atoms with Gasteiger partial charge in [-0.3, -0.25) is 0 Å². The summed E-state index contributed by atoms with van der Waals surface area (Å²) in [4.78, 5) is 23.7. The van der Waals surface area contributed by atoms with Gasteiger partial charge < -0.3 is 15.4 Å². The standard InChI is InChI=1S/C16H18N6O3S/c1-3-25-14(23)12-8-17-15(24)18-13(12)9-26-16-19-20-21-22(16)11-6-4-10(2)5-7-11/h4-7H,3,8-9H2,1-2H3,(H2,17,18,24). The molecule has 10 heteroatoms. The molecule has 2 heterocycles. The van der Waals surface area contributed by atoms with E-state index in [9.17, 15) is 9.59 Å². The Hall–Kier alpha value is -2.88. The number of carbonyl (C=O) groups excluding carboxylic acids is 2. The second-order valence-electron chi connectivity index (χ2n) is 5.48. The Morgan fingerprint density at radius 1 is 1.35 bits per heavy atom. The number of tetrazole rings is 1. The Labute approximate surface area is 154 Å². The Morgan fingerprint density at radius 3 is 2.85 bits per heavy atom. The van der Waals surface area contributed by atoms with Crippen molar-refractivity contribution >= 4 is 23.8 Å². The fourth-order valence-corrected chi connectivity index (χ4v) is 3.20. The number of hydrogen-bond donors (Lipinski definition) is 2.